The van der Waals surface area contributed by atoms with Crippen molar-refractivity contribution in [3.63, 3.8) is 0 Å². The molecule has 1 heterocycles. The maximum atomic E-state index is 11.4. The van der Waals surface area contributed by atoms with Crippen molar-refractivity contribution in [2.75, 3.05) is 13.7 Å². The Morgan fingerprint density at radius 1 is 1.56 bits per heavy atom. The Morgan fingerprint density at radius 3 is 2.88 bits per heavy atom. The van der Waals surface area contributed by atoms with Crippen LogP contribution in [0, 0.1) is 11.3 Å². The first kappa shape index (κ1) is 11.9. The monoisotopic (exact) mass is 227 g/mol. The van der Waals surface area contributed by atoms with E-state index in [4.69, 9.17) is 4.74 Å². The fraction of sp³-hybridized carbons (Fsp3) is 0.917. The van der Waals surface area contributed by atoms with E-state index in [0.29, 0.717) is 6.42 Å². The summed E-state index contributed by atoms with van der Waals surface area (Å²) in [5.74, 6) is 0.112. The molecule has 92 valence electrons. The second kappa shape index (κ2) is 3.70. The van der Waals surface area contributed by atoms with Gasteiger partial charge in [0.15, 0.2) is 0 Å². The summed E-state index contributed by atoms with van der Waals surface area (Å²) in [5.41, 5.74) is -0.244. The molecular weight excluding hydrogens is 206 g/mol. The highest BCUT2D eigenvalue weighted by molar-refractivity contribution is 5.69. The van der Waals surface area contributed by atoms with E-state index in [2.05, 4.69) is 19.2 Å². The van der Waals surface area contributed by atoms with Gasteiger partial charge in [0, 0.05) is 5.54 Å². The highest BCUT2D eigenvalue weighted by Gasteiger charge is 2.61. The number of carbonyl (C=O) groups excluding carboxylic acids is 1. The summed E-state index contributed by atoms with van der Waals surface area (Å²) in [6.07, 6.45) is 1.93. The van der Waals surface area contributed by atoms with Crippen LogP contribution < -0.4 is 5.32 Å². The van der Waals surface area contributed by atoms with Crippen LogP contribution in [-0.2, 0) is 9.53 Å². The molecule has 4 nitrogen and oxygen atoms in total. The molecule has 16 heavy (non-hydrogen) atoms. The van der Waals surface area contributed by atoms with E-state index >= 15 is 0 Å². The zero-order valence-corrected chi connectivity index (χ0v) is 10.2. The van der Waals surface area contributed by atoms with E-state index in [0.717, 1.165) is 19.4 Å². The third-order valence-corrected chi connectivity index (χ3v) is 5.05. The van der Waals surface area contributed by atoms with E-state index in [1.54, 1.807) is 0 Å². The Kier molecular flexibility index (Phi) is 2.75. The molecule has 0 spiro atoms. The van der Waals surface area contributed by atoms with Crippen molar-refractivity contribution < 1.29 is 14.6 Å². The lowest BCUT2D eigenvalue weighted by Gasteiger charge is -2.39. The van der Waals surface area contributed by atoms with Crippen molar-refractivity contribution in [1.29, 1.82) is 0 Å². The minimum Gasteiger partial charge on any atom is -0.469 e. The fourth-order valence-electron chi connectivity index (χ4n) is 3.46. The van der Waals surface area contributed by atoms with Crippen molar-refractivity contribution in [2.24, 2.45) is 11.3 Å². The molecule has 0 aromatic carbocycles. The number of hydrogen-bond donors (Lipinski definition) is 2. The molecule has 4 heteroatoms. The van der Waals surface area contributed by atoms with Gasteiger partial charge in [-0.2, -0.15) is 0 Å². The highest BCUT2D eigenvalue weighted by Crippen LogP contribution is 2.55. The lowest BCUT2D eigenvalue weighted by atomic mass is 9.68. The summed E-state index contributed by atoms with van der Waals surface area (Å²) in [6, 6.07) is 0. The number of esters is 1. The van der Waals surface area contributed by atoms with Crippen LogP contribution in [0.15, 0.2) is 0 Å². The van der Waals surface area contributed by atoms with E-state index < -0.39 is 0 Å². The summed E-state index contributed by atoms with van der Waals surface area (Å²) in [6.45, 7) is 5.04. The van der Waals surface area contributed by atoms with Crippen LogP contribution in [0.2, 0.25) is 0 Å². The Balaban J connectivity index is 2.17. The Hall–Kier alpha value is -0.610. The number of hydrogen-bond acceptors (Lipinski definition) is 4. The third-order valence-electron chi connectivity index (χ3n) is 5.05. The van der Waals surface area contributed by atoms with Gasteiger partial charge in [0.25, 0.3) is 0 Å². The maximum absolute atomic E-state index is 11.4. The molecule has 1 aliphatic heterocycles. The molecule has 0 aromatic rings. The summed E-state index contributed by atoms with van der Waals surface area (Å²) in [4.78, 5) is 11.4. The molecule has 2 aliphatic rings. The topological polar surface area (TPSA) is 58.6 Å². The molecule has 1 aliphatic carbocycles. The van der Waals surface area contributed by atoms with Gasteiger partial charge in [0.05, 0.1) is 19.6 Å². The second-order valence-electron chi connectivity index (χ2n) is 5.53. The lowest BCUT2D eigenvalue weighted by Crippen LogP contribution is -2.52. The summed E-state index contributed by atoms with van der Waals surface area (Å²) >= 11 is 0. The van der Waals surface area contributed by atoms with Gasteiger partial charge in [-0.25, -0.2) is 0 Å². The van der Waals surface area contributed by atoms with E-state index in [1.165, 1.54) is 7.11 Å². The number of fused-ring (bicyclic) bond motifs is 1. The normalized spacial score (nSPS) is 46.8. The van der Waals surface area contributed by atoms with Crippen LogP contribution in [0.3, 0.4) is 0 Å². The Morgan fingerprint density at radius 2 is 2.25 bits per heavy atom. The molecule has 0 aromatic heterocycles. The fourth-order valence-corrected chi connectivity index (χ4v) is 3.46. The van der Waals surface area contributed by atoms with Crippen LogP contribution in [-0.4, -0.2) is 36.4 Å². The molecular formula is C12H21NO3. The van der Waals surface area contributed by atoms with Crippen molar-refractivity contribution in [1.82, 2.24) is 5.32 Å². The van der Waals surface area contributed by atoms with E-state index in [1.807, 2.05) is 0 Å². The van der Waals surface area contributed by atoms with Gasteiger partial charge in [-0.05, 0) is 37.6 Å². The quantitative estimate of drug-likeness (QED) is 0.681. The zero-order valence-electron chi connectivity index (χ0n) is 10.2. The second-order valence-corrected chi connectivity index (χ2v) is 5.53. The summed E-state index contributed by atoms with van der Waals surface area (Å²) in [5, 5.41) is 13.5. The predicted octanol–water partition coefficient (Wildman–Crippen LogP) is 0.689. The number of nitrogens with one attached hydrogen (secondary N) is 1. The lowest BCUT2D eigenvalue weighted by molar-refractivity contribution is -0.142. The van der Waals surface area contributed by atoms with E-state index in [9.17, 15) is 9.90 Å². The van der Waals surface area contributed by atoms with Crippen molar-refractivity contribution in [2.45, 2.75) is 44.8 Å². The summed E-state index contributed by atoms with van der Waals surface area (Å²) in [7, 11) is 1.43. The van der Waals surface area contributed by atoms with Gasteiger partial charge < -0.3 is 15.2 Å². The molecule has 2 N–H and O–H groups in total. The molecule has 0 radical (unpaired) electrons. The van der Waals surface area contributed by atoms with Crippen LogP contribution in [0.25, 0.3) is 0 Å². The minimum absolute atomic E-state index is 0.000602. The molecule has 4 atom stereocenters. The number of rotatable bonds is 2. The number of methoxy groups -OCH3 is 1. The van der Waals surface area contributed by atoms with Crippen LogP contribution in [0.5, 0.6) is 0 Å². The van der Waals surface area contributed by atoms with Crippen molar-refractivity contribution in [3.8, 4) is 0 Å². The zero-order chi connectivity index (χ0) is 12.0. The average Bonchev–Trinajstić information content (AvgIpc) is 2.63. The maximum Gasteiger partial charge on any atom is 0.305 e. The largest absolute Gasteiger partial charge is 0.469 e. The van der Waals surface area contributed by atoms with Gasteiger partial charge in [0.2, 0.25) is 0 Å². The molecule has 2 rings (SSSR count). The standard InChI is InChI=1S/C12H21NO3/c1-11-5-4-9(14)12(11,2)13-7-8(11)6-10(15)16-3/h8-9,13-14H,4-7H2,1-3H3. The molecule has 0 bridgehead atoms. The Labute approximate surface area is 96.4 Å². The number of carbonyl (C=O) groups is 1. The number of aliphatic hydroxyl groups is 1. The van der Waals surface area contributed by atoms with E-state index in [-0.39, 0.29) is 28.9 Å². The molecule has 1 saturated heterocycles. The molecule has 2 fully saturated rings. The predicted molar refractivity (Wildman–Crippen MR) is 59.9 cm³/mol. The molecule has 0 amide bonds. The van der Waals surface area contributed by atoms with Gasteiger partial charge in [-0.15, -0.1) is 0 Å². The number of aliphatic hydroxyl groups excluding tert-OH is 1. The van der Waals surface area contributed by atoms with Crippen LogP contribution in [0.4, 0.5) is 0 Å². The van der Waals surface area contributed by atoms with Gasteiger partial charge >= 0.3 is 5.97 Å². The van der Waals surface area contributed by atoms with Gasteiger partial charge in [0.1, 0.15) is 0 Å². The third kappa shape index (κ3) is 1.39. The van der Waals surface area contributed by atoms with Crippen molar-refractivity contribution >= 4 is 5.97 Å². The first-order valence-corrected chi connectivity index (χ1v) is 5.94. The molecule has 1 saturated carbocycles. The first-order valence-electron chi connectivity index (χ1n) is 5.94. The minimum atomic E-state index is -0.305. The SMILES string of the molecule is COC(=O)CC1CNC2(C)C(O)CCC12C. The summed E-state index contributed by atoms with van der Waals surface area (Å²) < 4.78 is 4.74. The average molecular weight is 227 g/mol. The Bertz CT molecular complexity index is 307. The number of ether oxygens (including phenoxy) is 1. The smallest absolute Gasteiger partial charge is 0.305 e. The van der Waals surface area contributed by atoms with Gasteiger partial charge in [-0.3, -0.25) is 4.79 Å². The van der Waals surface area contributed by atoms with Gasteiger partial charge in [-0.1, -0.05) is 6.92 Å². The van der Waals surface area contributed by atoms with Crippen LogP contribution >= 0.6 is 0 Å². The van der Waals surface area contributed by atoms with Crippen molar-refractivity contribution in [3.05, 3.63) is 0 Å². The molecule has 4 unspecified atom stereocenters. The first-order chi connectivity index (χ1) is 7.44. The highest BCUT2D eigenvalue weighted by atomic mass is 16.5. The van der Waals surface area contributed by atoms with Crippen LogP contribution in [0.1, 0.15) is 33.1 Å².